The molecule has 1 aromatic carbocycles. The number of hydrogen-bond acceptors (Lipinski definition) is 5. The molecule has 1 aromatic rings. The van der Waals surface area contributed by atoms with Crippen LogP contribution in [0.1, 0.15) is 5.56 Å². The molecule has 24 heavy (non-hydrogen) atoms. The second-order valence-electron chi connectivity index (χ2n) is 5.30. The molecule has 6 nitrogen and oxygen atoms in total. The number of rotatable bonds is 6. The van der Waals surface area contributed by atoms with Crippen molar-refractivity contribution in [2.24, 2.45) is 4.99 Å². The Morgan fingerprint density at radius 3 is 2.46 bits per heavy atom. The third-order valence-electron chi connectivity index (χ3n) is 3.62. The molecule has 0 aromatic heterocycles. The van der Waals surface area contributed by atoms with Crippen LogP contribution in [0.25, 0.3) is 5.70 Å². The van der Waals surface area contributed by atoms with Gasteiger partial charge in [-0.25, -0.2) is 0 Å². The molecule has 128 valence electrons. The smallest absolute Gasteiger partial charge is 0.239 e. The Morgan fingerprint density at radius 2 is 1.79 bits per heavy atom. The minimum atomic E-state index is 0. The first-order valence-electron chi connectivity index (χ1n) is 7.17. The van der Waals surface area contributed by atoms with E-state index in [1.807, 2.05) is 36.7 Å². The van der Waals surface area contributed by atoms with Gasteiger partial charge in [-0.05, 0) is 30.3 Å². The number of methoxy groups -OCH3 is 2. The number of quaternary nitrogens is 1. The van der Waals surface area contributed by atoms with Crippen molar-refractivity contribution >= 4 is 11.5 Å². The molecule has 2 aliphatic heterocycles. The maximum atomic E-state index is 9.43. The van der Waals surface area contributed by atoms with Crippen molar-refractivity contribution in [2.75, 3.05) is 27.7 Å². The van der Waals surface area contributed by atoms with Crippen LogP contribution in [0.3, 0.4) is 0 Å². The summed E-state index contributed by atoms with van der Waals surface area (Å²) < 4.78 is 16.2. The number of halogens is 1. The Labute approximate surface area is 147 Å². The highest BCUT2D eigenvalue weighted by atomic mass is 35.5. The summed E-state index contributed by atoms with van der Waals surface area (Å²) >= 11 is 0. The first-order valence-corrected chi connectivity index (χ1v) is 7.17. The van der Waals surface area contributed by atoms with Crippen LogP contribution in [-0.4, -0.2) is 43.2 Å². The van der Waals surface area contributed by atoms with Crippen LogP contribution in [0.15, 0.2) is 59.6 Å². The van der Waals surface area contributed by atoms with Gasteiger partial charge in [0.15, 0.2) is 25.5 Å². The van der Waals surface area contributed by atoms with Crippen molar-refractivity contribution in [3.05, 3.63) is 60.1 Å². The van der Waals surface area contributed by atoms with Crippen LogP contribution in [0.2, 0.25) is 0 Å². The first-order chi connectivity index (χ1) is 11.2. The second kappa shape index (κ2) is 7.63. The number of phenolic OH excluding ortho intramolecular Hbond substituents is 1. The van der Waals surface area contributed by atoms with Crippen LogP contribution in [0.5, 0.6) is 5.75 Å². The Morgan fingerprint density at radius 1 is 1.04 bits per heavy atom. The summed E-state index contributed by atoms with van der Waals surface area (Å²) in [6, 6.07) is 6.96. The summed E-state index contributed by atoms with van der Waals surface area (Å²) in [5, 5.41) is 9.43. The van der Waals surface area contributed by atoms with Gasteiger partial charge in [0, 0.05) is 25.9 Å². The minimum absolute atomic E-state index is 0. The molecule has 0 amide bonds. The van der Waals surface area contributed by atoms with E-state index in [9.17, 15) is 5.11 Å². The summed E-state index contributed by atoms with van der Waals surface area (Å²) in [5.41, 5.74) is 1.76. The van der Waals surface area contributed by atoms with Gasteiger partial charge < -0.3 is 31.7 Å². The minimum Gasteiger partial charge on any atom is -1.00 e. The van der Waals surface area contributed by atoms with Crippen molar-refractivity contribution < 1.29 is 36.2 Å². The fourth-order valence-corrected chi connectivity index (χ4v) is 2.57. The lowest BCUT2D eigenvalue weighted by Crippen LogP contribution is -3.00. The predicted molar refractivity (Wildman–Crippen MR) is 85.8 cm³/mol. The first kappa shape index (κ1) is 18.2. The van der Waals surface area contributed by atoms with Gasteiger partial charge in [-0.2, -0.15) is 9.48 Å². The van der Waals surface area contributed by atoms with Gasteiger partial charge >= 0.3 is 0 Å². The predicted octanol–water partition coefficient (Wildman–Crippen LogP) is -0.441. The number of benzene rings is 1. The third-order valence-corrected chi connectivity index (χ3v) is 3.62. The van der Waals surface area contributed by atoms with Crippen LogP contribution in [0, 0.1) is 0 Å². The average molecular weight is 351 g/mol. The number of ether oxygens (including phenoxy) is 3. The third kappa shape index (κ3) is 3.52. The molecular weight excluding hydrogens is 332 g/mol. The van der Waals surface area contributed by atoms with Crippen molar-refractivity contribution in [2.45, 2.75) is 0 Å². The Bertz CT molecular complexity index is 710. The zero-order valence-corrected chi connectivity index (χ0v) is 14.2. The van der Waals surface area contributed by atoms with E-state index in [1.54, 1.807) is 26.4 Å². The fraction of sp³-hybridized carbons (Fsp3) is 0.235. The van der Waals surface area contributed by atoms with Gasteiger partial charge in [0.25, 0.3) is 0 Å². The van der Waals surface area contributed by atoms with Gasteiger partial charge in [0.2, 0.25) is 5.84 Å². The second-order valence-corrected chi connectivity index (χ2v) is 5.30. The summed E-state index contributed by atoms with van der Waals surface area (Å²) in [5.74, 6) is 1.78. The molecule has 0 saturated carbocycles. The lowest BCUT2D eigenvalue weighted by atomic mass is 10.1. The number of aliphatic imine (C=N–C) groups is 1. The molecule has 0 aliphatic carbocycles. The van der Waals surface area contributed by atoms with Crippen LogP contribution >= 0.6 is 0 Å². The Kier molecular flexibility index (Phi) is 5.80. The summed E-state index contributed by atoms with van der Waals surface area (Å²) in [7, 11) is 3.23. The van der Waals surface area contributed by atoms with Gasteiger partial charge in [-0.1, -0.05) is 0 Å². The zero-order valence-electron chi connectivity index (χ0n) is 13.5. The number of hydrogen-bond donors (Lipinski definition) is 1. The van der Waals surface area contributed by atoms with Crippen LogP contribution < -0.4 is 12.4 Å². The zero-order chi connectivity index (χ0) is 16.3. The van der Waals surface area contributed by atoms with E-state index < -0.39 is 0 Å². The van der Waals surface area contributed by atoms with Gasteiger partial charge in [0.05, 0.1) is 0 Å². The highest BCUT2D eigenvalue weighted by molar-refractivity contribution is 5.96. The normalized spacial score (nSPS) is 21.3. The number of allylic oxidation sites excluding steroid dienone is 1. The molecule has 0 radical (unpaired) electrons. The molecule has 0 fully saturated rings. The van der Waals surface area contributed by atoms with Gasteiger partial charge in [0.1, 0.15) is 17.6 Å². The summed E-state index contributed by atoms with van der Waals surface area (Å²) in [6.45, 7) is 0.592. The van der Waals surface area contributed by atoms with Crippen molar-refractivity contribution in [1.29, 1.82) is 0 Å². The maximum Gasteiger partial charge on any atom is 0.239 e. The molecule has 3 rings (SSSR count). The highest BCUT2D eigenvalue weighted by Crippen LogP contribution is 2.33. The summed E-state index contributed by atoms with van der Waals surface area (Å²) in [4.78, 5) is 4.69. The largest absolute Gasteiger partial charge is 1.00 e. The molecule has 1 N–H and O–H groups in total. The SMILES string of the molecule is COCOC1=C[N+]2(COC)C=C(c3ccc(O)cc3)N=C2C=C1.[Cl-]. The van der Waals surface area contributed by atoms with Gasteiger partial charge in [-0.3, -0.25) is 0 Å². The van der Waals surface area contributed by atoms with E-state index in [4.69, 9.17) is 14.2 Å². The topological polar surface area (TPSA) is 60.3 Å². The molecule has 0 bridgehead atoms. The van der Waals surface area contributed by atoms with Crippen molar-refractivity contribution in [3.8, 4) is 5.75 Å². The van der Waals surface area contributed by atoms with Crippen molar-refractivity contribution in [3.63, 3.8) is 0 Å². The van der Waals surface area contributed by atoms with E-state index in [-0.39, 0.29) is 24.9 Å². The van der Waals surface area contributed by atoms with Crippen LogP contribution in [0.4, 0.5) is 0 Å². The summed E-state index contributed by atoms with van der Waals surface area (Å²) in [6.07, 6.45) is 7.71. The molecule has 2 heterocycles. The number of amidine groups is 1. The van der Waals surface area contributed by atoms with E-state index in [0.29, 0.717) is 17.0 Å². The molecule has 1 atom stereocenters. The molecule has 2 aliphatic rings. The molecule has 1 unspecified atom stereocenters. The number of fused-ring (bicyclic) bond motifs is 1. The standard InChI is InChI=1S/C17H18N2O4.ClH/c1-21-11-19-9-15(23-12-22-2)7-8-17(19)18-16(10-19)13-3-5-14(20)6-4-13;/h3-10H,11-12H2,1-2H3;1H. The van der Waals surface area contributed by atoms with Crippen LogP contribution in [-0.2, 0) is 14.2 Å². The molecule has 0 spiro atoms. The van der Waals surface area contributed by atoms with Gasteiger partial charge in [-0.15, -0.1) is 0 Å². The van der Waals surface area contributed by atoms with E-state index >= 15 is 0 Å². The maximum absolute atomic E-state index is 9.43. The number of phenols is 1. The fourth-order valence-electron chi connectivity index (χ4n) is 2.57. The lowest BCUT2D eigenvalue weighted by Gasteiger charge is -2.28. The average Bonchev–Trinajstić information content (AvgIpc) is 2.92. The van der Waals surface area contributed by atoms with E-state index in [1.165, 1.54) is 0 Å². The molecule has 0 saturated heterocycles. The Balaban J connectivity index is 0.00000208. The lowest BCUT2D eigenvalue weighted by molar-refractivity contribution is -0.755. The quantitative estimate of drug-likeness (QED) is 0.558. The Hall–Kier alpha value is -2.12. The van der Waals surface area contributed by atoms with E-state index in [2.05, 4.69) is 4.99 Å². The van der Waals surface area contributed by atoms with Crippen molar-refractivity contribution in [1.82, 2.24) is 0 Å². The monoisotopic (exact) mass is 350 g/mol. The highest BCUT2D eigenvalue weighted by Gasteiger charge is 2.39. The number of nitrogens with zero attached hydrogens (tertiary/aromatic N) is 2. The van der Waals surface area contributed by atoms with E-state index in [0.717, 1.165) is 17.1 Å². The molecular formula is C17H19ClN2O4. The number of aromatic hydroxyl groups is 1. The molecule has 7 heteroatoms.